The van der Waals surface area contributed by atoms with Gasteiger partial charge in [-0.3, -0.25) is 9.69 Å². The van der Waals surface area contributed by atoms with Crippen LogP contribution < -0.4 is 10.1 Å². The van der Waals surface area contributed by atoms with E-state index in [4.69, 9.17) is 9.26 Å². The van der Waals surface area contributed by atoms with Crippen LogP contribution in [0.25, 0.3) is 22.2 Å². The molecule has 8 nitrogen and oxygen atoms in total. The zero-order valence-electron chi connectivity index (χ0n) is 17.5. The standard InChI is InChI=1S/C24H20N4O4/c1-24(18-11-10-15-6-3-4-7-16(15)12-18)22(29)28(23(30)26-24)14-20-25-21(27-32-20)17-8-5-9-19(13-17)31-2/h3-13H,14H2,1-2H3,(H,26,30)/t24-/m1/s1. The highest BCUT2D eigenvalue weighted by Gasteiger charge is 2.49. The Morgan fingerprint density at radius 2 is 1.84 bits per heavy atom. The molecular formula is C24H20N4O4. The number of carbonyl (C=O) groups excluding carboxylic acids is 2. The maximum absolute atomic E-state index is 13.3. The molecule has 0 radical (unpaired) electrons. The predicted octanol–water partition coefficient (Wildman–Crippen LogP) is 3.87. The molecule has 32 heavy (non-hydrogen) atoms. The summed E-state index contributed by atoms with van der Waals surface area (Å²) < 4.78 is 10.5. The summed E-state index contributed by atoms with van der Waals surface area (Å²) in [5.74, 6) is 0.797. The van der Waals surface area contributed by atoms with Gasteiger partial charge >= 0.3 is 6.03 Å². The second kappa shape index (κ2) is 7.49. The molecule has 1 aromatic heterocycles. The van der Waals surface area contributed by atoms with Crippen molar-refractivity contribution in [1.29, 1.82) is 0 Å². The minimum atomic E-state index is -1.18. The van der Waals surface area contributed by atoms with Gasteiger partial charge in [-0.15, -0.1) is 0 Å². The fourth-order valence-electron chi connectivity index (χ4n) is 3.87. The van der Waals surface area contributed by atoms with Crippen molar-refractivity contribution in [3.8, 4) is 17.1 Å². The second-order valence-corrected chi connectivity index (χ2v) is 7.75. The molecule has 2 heterocycles. The third-order valence-corrected chi connectivity index (χ3v) is 5.69. The van der Waals surface area contributed by atoms with Crippen molar-refractivity contribution < 1.29 is 18.8 Å². The molecule has 1 N–H and O–H groups in total. The van der Waals surface area contributed by atoms with Crippen LogP contribution in [0, 0.1) is 0 Å². The Balaban J connectivity index is 1.40. The quantitative estimate of drug-likeness (QED) is 0.485. The average molecular weight is 428 g/mol. The van der Waals surface area contributed by atoms with E-state index in [2.05, 4.69) is 15.5 Å². The van der Waals surface area contributed by atoms with Crippen molar-refractivity contribution in [1.82, 2.24) is 20.4 Å². The normalized spacial score (nSPS) is 18.2. The Labute approximate surface area is 183 Å². The van der Waals surface area contributed by atoms with E-state index in [1.54, 1.807) is 20.1 Å². The van der Waals surface area contributed by atoms with Crippen molar-refractivity contribution in [2.75, 3.05) is 7.11 Å². The molecule has 1 atom stereocenters. The Morgan fingerprint density at radius 3 is 2.66 bits per heavy atom. The highest BCUT2D eigenvalue weighted by Crippen LogP contribution is 2.32. The molecule has 5 rings (SSSR count). The van der Waals surface area contributed by atoms with Crippen LogP contribution >= 0.6 is 0 Å². The van der Waals surface area contributed by atoms with E-state index < -0.39 is 11.6 Å². The van der Waals surface area contributed by atoms with Gasteiger partial charge in [-0.25, -0.2) is 4.79 Å². The first-order valence-electron chi connectivity index (χ1n) is 10.1. The molecule has 0 bridgehead atoms. The molecule has 1 aliphatic rings. The third-order valence-electron chi connectivity index (χ3n) is 5.69. The molecular weight excluding hydrogens is 408 g/mol. The smallest absolute Gasteiger partial charge is 0.325 e. The van der Waals surface area contributed by atoms with Crippen molar-refractivity contribution in [3.63, 3.8) is 0 Å². The number of rotatable bonds is 5. The molecule has 8 heteroatoms. The highest BCUT2D eigenvalue weighted by atomic mass is 16.5. The minimum Gasteiger partial charge on any atom is -0.497 e. The van der Waals surface area contributed by atoms with E-state index >= 15 is 0 Å². The average Bonchev–Trinajstić information content (AvgIpc) is 3.38. The maximum Gasteiger partial charge on any atom is 0.325 e. The molecule has 0 unspecified atom stereocenters. The van der Waals surface area contributed by atoms with E-state index in [0.29, 0.717) is 22.7 Å². The first kappa shape index (κ1) is 19.7. The number of methoxy groups -OCH3 is 1. The molecule has 0 saturated carbocycles. The van der Waals surface area contributed by atoms with Crippen LogP contribution in [0.5, 0.6) is 5.75 Å². The Kier molecular flexibility index (Phi) is 4.62. The van der Waals surface area contributed by atoms with Crippen LogP contribution in [0.3, 0.4) is 0 Å². The van der Waals surface area contributed by atoms with Gasteiger partial charge in [0.05, 0.1) is 7.11 Å². The number of amides is 3. The highest BCUT2D eigenvalue weighted by molar-refractivity contribution is 6.07. The first-order valence-corrected chi connectivity index (χ1v) is 10.1. The zero-order valence-corrected chi connectivity index (χ0v) is 17.5. The summed E-state index contributed by atoms with van der Waals surface area (Å²) in [6, 6.07) is 20.3. The molecule has 1 saturated heterocycles. The second-order valence-electron chi connectivity index (χ2n) is 7.75. The number of nitrogens with zero attached hydrogens (tertiary/aromatic N) is 3. The van der Waals surface area contributed by atoms with Gasteiger partial charge in [0.1, 0.15) is 17.8 Å². The number of imide groups is 1. The van der Waals surface area contributed by atoms with E-state index in [1.807, 2.05) is 60.7 Å². The summed E-state index contributed by atoms with van der Waals surface area (Å²) >= 11 is 0. The van der Waals surface area contributed by atoms with Crippen LogP contribution in [-0.4, -0.2) is 34.1 Å². The van der Waals surface area contributed by atoms with E-state index in [1.165, 1.54) is 0 Å². The number of ether oxygens (including phenoxy) is 1. The number of carbonyl (C=O) groups is 2. The van der Waals surface area contributed by atoms with Crippen LogP contribution in [0.2, 0.25) is 0 Å². The van der Waals surface area contributed by atoms with Gasteiger partial charge in [0.2, 0.25) is 11.7 Å². The molecule has 0 spiro atoms. The third kappa shape index (κ3) is 3.26. The largest absolute Gasteiger partial charge is 0.497 e. The first-order chi connectivity index (χ1) is 15.5. The molecule has 160 valence electrons. The van der Waals surface area contributed by atoms with Crippen LogP contribution in [-0.2, 0) is 16.9 Å². The number of fused-ring (bicyclic) bond motifs is 1. The number of hydrogen-bond donors (Lipinski definition) is 1. The SMILES string of the molecule is COc1cccc(-c2noc(CN3C(=O)N[C@](C)(c4ccc5ccccc5c4)C3=O)n2)c1. The number of nitrogens with one attached hydrogen (secondary N) is 1. The van der Waals surface area contributed by atoms with Crippen LogP contribution in [0.15, 0.2) is 71.3 Å². The number of urea groups is 1. The van der Waals surface area contributed by atoms with Gasteiger partial charge in [0.15, 0.2) is 0 Å². The Morgan fingerprint density at radius 1 is 1.03 bits per heavy atom. The van der Waals surface area contributed by atoms with Gasteiger partial charge in [0.25, 0.3) is 5.91 Å². The van der Waals surface area contributed by atoms with Crippen molar-refractivity contribution in [2.24, 2.45) is 0 Å². The summed E-state index contributed by atoms with van der Waals surface area (Å²) in [5, 5.41) is 8.84. The van der Waals surface area contributed by atoms with E-state index in [0.717, 1.165) is 15.7 Å². The lowest BCUT2D eigenvalue weighted by molar-refractivity contribution is -0.131. The molecule has 4 aromatic rings. The molecule has 1 aliphatic heterocycles. The fraction of sp³-hybridized carbons (Fsp3) is 0.167. The molecule has 1 fully saturated rings. The molecule has 0 aliphatic carbocycles. The van der Waals surface area contributed by atoms with Crippen molar-refractivity contribution in [3.05, 3.63) is 78.2 Å². The zero-order chi connectivity index (χ0) is 22.3. The number of benzene rings is 3. The van der Waals surface area contributed by atoms with Crippen molar-refractivity contribution in [2.45, 2.75) is 19.0 Å². The van der Waals surface area contributed by atoms with Crippen molar-refractivity contribution >= 4 is 22.7 Å². The lowest BCUT2D eigenvalue weighted by atomic mass is 9.90. The van der Waals surface area contributed by atoms with E-state index in [-0.39, 0.29) is 18.3 Å². The fourth-order valence-corrected chi connectivity index (χ4v) is 3.87. The summed E-state index contributed by atoms with van der Waals surface area (Å²) in [7, 11) is 1.57. The number of hydrogen-bond acceptors (Lipinski definition) is 6. The lowest BCUT2D eigenvalue weighted by Crippen LogP contribution is -2.40. The van der Waals surface area contributed by atoms with Crippen LogP contribution in [0.4, 0.5) is 4.79 Å². The summed E-state index contributed by atoms with van der Waals surface area (Å²) in [5.41, 5.74) is 0.230. The topological polar surface area (TPSA) is 97.6 Å². The molecule has 3 amide bonds. The lowest BCUT2D eigenvalue weighted by Gasteiger charge is -2.22. The van der Waals surface area contributed by atoms with E-state index in [9.17, 15) is 9.59 Å². The molecule has 3 aromatic carbocycles. The Bertz CT molecular complexity index is 1350. The van der Waals surface area contributed by atoms with Crippen LogP contribution in [0.1, 0.15) is 18.4 Å². The minimum absolute atomic E-state index is 0.120. The number of aromatic nitrogens is 2. The maximum atomic E-state index is 13.3. The summed E-state index contributed by atoms with van der Waals surface area (Å²) in [6.45, 7) is 1.58. The van der Waals surface area contributed by atoms with Gasteiger partial charge in [-0.2, -0.15) is 4.98 Å². The van der Waals surface area contributed by atoms with Gasteiger partial charge in [0, 0.05) is 5.56 Å². The summed E-state index contributed by atoms with van der Waals surface area (Å²) in [6.07, 6.45) is 0. The van der Waals surface area contributed by atoms with Gasteiger partial charge < -0.3 is 14.6 Å². The van der Waals surface area contributed by atoms with Gasteiger partial charge in [-0.1, -0.05) is 53.7 Å². The monoisotopic (exact) mass is 428 g/mol. The summed E-state index contributed by atoms with van der Waals surface area (Å²) in [4.78, 5) is 31.4. The van der Waals surface area contributed by atoms with Gasteiger partial charge in [-0.05, 0) is 41.5 Å². The predicted molar refractivity (Wildman–Crippen MR) is 117 cm³/mol. The Hall–Kier alpha value is -4.20.